The average Bonchev–Trinajstić information content (AvgIpc) is 2.68. The summed E-state index contributed by atoms with van der Waals surface area (Å²) in [6.07, 6.45) is 5.31. The fourth-order valence-electron chi connectivity index (χ4n) is 2.47. The zero-order valence-electron chi connectivity index (χ0n) is 16.5. The fraction of sp³-hybridized carbons (Fsp3) is 0.238. The van der Waals surface area contributed by atoms with Gasteiger partial charge in [0.15, 0.2) is 0 Å². The molecule has 2 aromatic rings. The Morgan fingerprint density at radius 2 is 1.79 bits per heavy atom. The first-order valence-electron chi connectivity index (χ1n) is 8.80. The molecule has 0 radical (unpaired) electrons. The van der Waals surface area contributed by atoms with Gasteiger partial charge >= 0.3 is 0 Å². The van der Waals surface area contributed by atoms with Crippen molar-refractivity contribution in [1.29, 1.82) is 0 Å². The number of hydrogen-bond acceptors (Lipinski definition) is 4. The number of likely N-dealkylation sites (N-methyl/N-ethyl adjacent to an activating group) is 1. The van der Waals surface area contributed by atoms with E-state index in [9.17, 15) is 18.0 Å². The lowest BCUT2D eigenvalue weighted by Crippen LogP contribution is -2.41. The van der Waals surface area contributed by atoms with Crippen molar-refractivity contribution in [3.63, 3.8) is 0 Å². The minimum absolute atomic E-state index is 0.113. The maximum atomic E-state index is 12.6. The third kappa shape index (κ3) is 5.91. The Morgan fingerprint density at radius 1 is 1.07 bits per heavy atom. The van der Waals surface area contributed by atoms with Crippen LogP contribution in [0.4, 0.5) is 5.69 Å². The van der Waals surface area contributed by atoms with Crippen LogP contribution < -0.4 is 10.6 Å². The van der Waals surface area contributed by atoms with Gasteiger partial charge in [-0.25, -0.2) is 8.42 Å². The molecule has 0 aliphatic carbocycles. The molecule has 2 aromatic carbocycles. The highest BCUT2D eigenvalue weighted by molar-refractivity contribution is 7.89. The largest absolute Gasteiger partial charge is 0.346 e. The molecule has 152 valence electrons. The van der Waals surface area contributed by atoms with Crippen molar-refractivity contribution in [2.24, 2.45) is 0 Å². The van der Waals surface area contributed by atoms with Crippen LogP contribution >= 0.6 is 0 Å². The van der Waals surface area contributed by atoms with Crippen molar-refractivity contribution in [3.05, 3.63) is 59.2 Å². The third-order valence-corrected chi connectivity index (χ3v) is 6.11. The highest BCUT2D eigenvalue weighted by Crippen LogP contribution is 2.18. The predicted molar refractivity (Wildman–Crippen MR) is 112 cm³/mol. The van der Waals surface area contributed by atoms with Crippen molar-refractivity contribution in [2.45, 2.75) is 18.7 Å². The summed E-state index contributed by atoms with van der Waals surface area (Å²) >= 11 is 0. The van der Waals surface area contributed by atoms with Gasteiger partial charge in [-0.2, -0.15) is 4.31 Å². The van der Waals surface area contributed by atoms with E-state index < -0.39 is 28.4 Å². The molecular formula is C21H23N3O4S. The van der Waals surface area contributed by atoms with Crippen LogP contribution in [0.1, 0.15) is 16.7 Å². The number of terminal acetylenes is 1. The predicted octanol–water partition coefficient (Wildman–Crippen LogP) is 1.66. The Balaban J connectivity index is 1.91. The van der Waals surface area contributed by atoms with Crippen LogP contribution in [0.2, 0.25) is 0 Å². The van der Waals surface area contributed by atoms with E-state index in [-0.39, 0.29) is 11.4 Å². The molecule has 2 rings (SSSR count). The van der Waals surface area contributed by atoms with E-state index in [0.29, 0.717) is 11.3 Å². The number of anilines is 1. The van der Waals surface area contributed by atoms with E-state index in [1.54, 1.807) is 36.4 Å². The van der Waals surface area contributed by atoms with Crippen molar-refractivity contribution in [2.75, 3.05) is 25.5 Å². The third-order valence-electron chi connectivity index (χ3n) is 4.31. The van der Waals surface area contributed by atoms with Gasteiger partial charge in [-0.15, -0.1) is 6.42 Å². The van der Waals surface area contributed by atoms with Crippen LogP contribution in [0, 0.1) is 26.2 Å². The normalized spacial score (nSPS) is 11.0. The number of amides is 2. The topological polar surface area (TPSA) is 95.6 Å². The minimum Gasteiger partial charge on any atom is -0.346 e. The number of benzene rings is 2. The minimum atomic E-state index is -3.81. The maximum Gasteiger partial charge on any atom is 0.243 e. The molecule has 7 nitrogen and oxygen atoms in total. The number of rotatable bonds is 7. The van der Waals surface area contributed by atoms with Crippen LogP contribution in [0.25, 0.3) is 0 Å². The summed E-state index contributed by atoms with van der Waals surface area (Å²) in [7, 11) is -2.50. The SMILES string of the molecule is C#Cc1cccc(NC(=O)CNC(=O)CN(C)S(=O)(=O)c2ccc(C)c(C)c2)c1. The van der Waals surface area contributed by atoms with Gasteiger partial charge in [-0.1, -0.05) is 18.1 Å². The first-order valence-corrected chi connectivity index (χ1v) is 10.2. The lowest BCUT2D eigenvalue weighted by atomic mass is 10.1. The van der Waals surface area contributed by atoms with Gasteiger partial charge in [0, 0.05) is 18.3 Å². The number of nitrogens with zero attached hydrogens (tertiary/aromatic N) is 1. The molecule has 0 saturated heterocycles. The molecule has 29 heavy (non-hydrogen) atoms. The van der Waals surface area contributed by atoms with Crippen molar-refractivity contribution in [3.8, 4) is 12.3 Å². The second-order valence-corrected chi connectivity index (χ2v) is 8.60. The molecule has 8 heteroatoms. The Kier molecular flexibility index (Phi) is 7.15. The first kappa shape index (κ1) is 22.1. The first-order chi connectivity index (χ1) is 13.6. The standard InChI is InChI=1S/C21H23N3O4S/c1-5-17-7-6-8-18(12-17)23-20(25)13-22-21(26)14-24(4)29(27,28)19-10-9-15(2)16(3)11-19/h1,6-12H,13-14H2,2-4H3,(H,22,26)(H,23,25). The van der Waals surface area contributed by atoms with Crippen molar-refractivity contribution >= 4 is 27.5 Å². The van der Waals surface area contributed by atoms with E-state index in [0.717, 1.165) is 15.4 Å². The molecule has 0 saturated carbocycles. The van der Waals surface area contributed by atoms with Crippen molar-refractivity contribution < 1.29 is 18.0 Å². The van der Waals surface area contributed by atoms with E-state index >= 15 is 0 Å². The van der Waals surface area contributed by atoms with Gasteiger partial charge < -0.3 is 10.6 Å². The summed E-state index contributed by atoms with van der Waals surface area (Å²) in [6.45, 7) is 3.00. The summed E-state index contributed by atoms with van der Waals surface area (Å²) in [5.74, 6) is 1.42. The van der Waals surface area contributed by atoms with Gasteiger partial charge in [0.1, 0.15) is 0 Å². The molecule has 2 amide bonds. The zero-order valence-corrected chi connectivity index (χ0v) is 17.3. The summed E-state index contributed by atoms with van der Waals surface area (Å²) in [6, 6.07) is 11.5. The highest BCUT2D eigenvalue weighted by Gasteiger charge is 2.23. The fourth-order valence-corrected chi connectivity index (χ4v) is 3.68. The van der Waals surface area contributed by atoms with Gasteiger partial charge in [0.25, 0.3) is 0 Å². The van der Waals surface area contributed by atoms with Crippen LogP contribution in [-0.2, 0) is 19.6 Å². The van der Waals surface area contributed by atoms with Gasteiger partial charge in [-0.3, -0.25) is 9.59 Å². The van der Waals surface area contributed by atoms with E-state index in [4.69, 9.17) is 6.42 Å². The van der Waals surface area contributed by atoms with Crippen LogP contribution in [0.5, 0.6) is 0 Å². The molecular weight excluding hydrogens is 390 g/mol. The van der Waals surface area contributed by atoms with Gasteiger partial charge in [-0.05, 0) is 55.3 Å². The molecule has 0 aliphatic heterocycles. The van der Waals surface area contributed by atoms with E-state index in [2.05, 4.69) is 16.6 Å². The average molecular weight is 413 g/mol. The zero-order chi connectivity index (χ0) is 21.6. The lowest BCUT2D eigenvalue weighted by molar-refractivity contribution is -0.124. The molecule has 0 atom stereocenters. The molecule has 0 heterocycles. The van der Waals surface area contributed by atoms with Crippen LogP contribution in [-0.4, -0.2) is 44.7 Å². The maximum absolute atomic E-state index is 12.6. The Bertz CT molecular complexity index is 1070. The molecule has 0 unspecified atom stereocenters. The van der Waals surface area contributed by atoms with Crippen LogP contribution in [0.3, 0.4) is 0 Å². The molecule has 0 aliphatic rings. The molecule has 0 aromatic heterocycles. The number of sulfonamides is 1. The van der Waals surface area contributed by atoms with Gasteiger partial charge in [0.2, 0.25) is 21.8 Å². The Hall–Kier alpha value is -3.15. The summed E-state index contributed by atoms with van der Waals surface area (Å²) in [4.78, 5) is 24.2. The Labute approximate surface area is 171 Å². The van der Waals surface area contributed by atoms with E-state index in [1.165, 1.54) is 13.1 Å². The Morgan fingerprint density at radius 3 is 2.45 bits per heavy atom. The lowest BCUT2D eigenvalue weighted by Gasteiger charge is -2.17. The molecule has 0 fully saturated rings. The number of carbonyl (C=O) groups excluding carboxylic acids is 2. The number of carbonyl (C=O) groups is 2. The quantitative estimate of drug-likeness (QED) is 0.675. The van der Waals surface area contributed by atoms with Crippen molar-refractivity contribution in [1.82, 2.24) is 9.62 Å². The molecule has 2 N–H and O–H groups in total. The second-order valence-electron chi connectivity index (χ2n) is 6.56. The second kappa shape index (κ2) is 9.37. The highest BCUT2D eigenvalue weighted by atomic mass is 32.2. The summed E-state index contributed by atoms with van der Waals surface area (Å²) in [5.41, 5.74) is 2.94. The molecule has 0 spiro atoms. The monoisotopic (exact) mass is 413 g/mol. The number of aryl methyl sites for hydroxylation is 2. The smallest absolute Gasteiger partial charge is 0.243 e. The van der Waals surface area contributed by atoms with Crippen LogP contribution in [0.15, 0.2) is 47.4 Å². The summed E-state index contributed by atoms with van der Waals surface area (Å²) < 4.78 is 26.2. The summed E-state index contributed by atoms with van der Waals surface area (Å²) in [5, 5.41) is 5.02. The van der Waals surface area contributed by atoms with E-state index in [1.807, 2.05) is 13.8 Å². The molecule has 0 bridgehead atoms. The number of hydrogen-bond donors (Lipinski definition) is 2. The van der Waals surface area contributed by atoms with Gasteiger partial charge in [0.05, 0.1) is 18.0 Å². The number of nitrogens with one attached hydrogen (secondary N) is 2.